The maximum atomic E-state index is 12.5. The molecule has 2 heteroatoms. The molecule has 0 radical (unpaired) electrons. The Labute approximate surface area is 96.8 Å². The van der Waals surface area contributed by atoms with Crippen molar-refractivity contribution < 1.29 is 9.59 Å². The summed E-state index contributed by atoms with van der Waals surface area (Å²) in [6, 6.07) is 0. The normalized spacial score (nSPS) is 31.8. The lowest BCUT2D eigenvalue weighted by atomic mass is 9.43. The highest BCUT2D eigenvalue weighted by atomic mass is 16.2. The maximum absolute atomic E-state index is 12.5. The molecule has 3 aliphatic carbocycles. The Balaban J connectivity index is 1.87. The molecule has 0 heterocycles. The van der Waals surface area contributed by atoms with Crippen molar-refractivity contribution in [1.29, 1.82) is 0 Å². The van der Waals surface area contributed by atoms with Crippen LogP contribution in [-0.2, 0) is 9.59 Å². The third kappa shape index (κ3) is 1.08. The number of ketones is 2. The van der Waals surface area contributed by atoms with Crippen LogP contribution in [0, 0.1) is 10.8 Å². The minimum atomic E-state index is -0.490. The molecule has 3 aliphatic rings. The van der Waals surface area contributed by atoms with E-state index in [0.717, 1.165) is 51.4 Å². The molecule has 0 bridgehead atoms. The van der Waals surface area contributed by atoms with Crippen LogP contribution in [0.2, 0.25) is 0 Å². The van der Waals surface area contributed by atoms with Gasteiger partial charge in [-0.25, -0.2) is 0 Å². The average molecular weight is 220 g/mol. The van der Waals surface area contributed by atoms with Crippen molar-refractivity contribution >= 4 is 11.6 Å². The van der Waals surface area contributed by atoms with E-state index < -0.39 is 10.8 Å². The number of carbonyl (C=O) groups excluding carboxylic acids is 2. The zero-order valence-corrected chi connectivity index (χ0v) is 9.89. The molecule has 0 aliphatic heterocycles. The van der Waals surface area contributed by atoms with Crippen LogP contribution < -0.4 is 0 Å². The summed E-state index contributed by atoms with van der Waals surface area (Å²) in [4.78, 5) is 25.0. The van der Waals surface area contributed by atoms with Gasteiger partial charge in [-0.3, -0.25) is 9.59 Å². The van der Waals surface area contributed by atoms with Crippen LogP contribution in [0.1, 0.15) is 64.2 Å². The van der Waals surface area contributed by atoms with Gasteiger partial charge in [-0.2, -0.15) is 0 Å². The zero-order chi connectivity index (χ0) is 11.2. The molecule has 0 saturated heterocycles. The van der Waals surface area contributed by atoms with E-state index in [1.165, 1.54) is 12.8 Å². The monoisotopic (exact) mass is 220 g/mol. The van der Waals surface area contributed by atoms with Crippen molar-refractivity contribution in [3.8, 4) is 0 Å². The molecular weight excluding hydrogens is 200 g/mol. The number of Topliss-reactive ketones (excluding diaryl/α,β-unsaturated/α-hetero) is 2. The summed E-state index contributed by atoms with van der Waals surface area (Å²) in [6.45, 7) is 0. The Bertz CT molecular complexity index is 281. The molecule has 0 amide bonds. The van der Waals surface area contributed by atoms with E-state index in [2.05, 4.69) is 0 Å². The standard InChI is InChI=1S/C14H20O2/c15-11-13(7-3-1-4-8-13)12(16)14(11)9-5-2-6-10-14/h1-10H2. The van der Waals surface area contributed by atoms with Gasteiger partial charge >= 0.3 is 0 Å². The van der Waals surface area contributed by atoms with E-state index in [4.69, 9.17) is 0 Å². The highest BCUT2D eigenvalue weighted by molar-refractivity contribution is 6.30. The second-order valence-corrected chi connectivity index (χ2v) is 5.94. The quantitative estimate of drug-likeness (QED) is 0.588. The first-order valence-electron chi connectivity index (χ1n) is 6.82. The summed E-state index contributed by atoms with van der Waals surface area (Å²) < 4.78 is 0. The summed E-state index contributed by atoms with van der Waals surface area (Å²) in [5.41, 5.74) is -0.981. The fraction of sp³-hybridized carbons (Fsp3) is 0.857. The number of carbonyl (C=O) groups is 2. The summed E-state index contributed by atoms with van der Waals surface area (Å²) in [7, 11) is 0. The molecule has 2 nitrogen and oxygen atoms in total. The van der Waals surface area contributed by atoms with Gasteiger partial charge in [-0.05, 0) is 25.7 Å². The predicted octanol–water partition coefficient (Wildman–Crippen LogP) is 3.04. The Kier molecular flexibility index (Phi) is 2.24. The summed E-state index contributed by atoms with van der Waals surface area (Å²) in [6.07, 6.45) is 10.1. The van der Waals surface area contributed by atoms with Crippen LogP contribution in [0.15, 0.2) is 0 Å². The molecule has 88 valence electrons. The van der Waals surface area contributed by atoms with Gasteiger partial charge < -0.3 is 0 Å². The second-order valence-electron chi connectivity index (χ2n) is 5.94. The van der Waals surface area contributed by atoms with E-state index in [-0.39, 0.29) is 0 Å². The van der Waals surface area contributed by atoms with Crippen LogP contribution in [-0.4, -0.2) is 11.6 Å². The summed E-state index contributed by atoms with van der Waals surface area (Å²) >= 11 is 0. The van der Waals surface area contributed by atoms with Crippen LogP contribution >= 0.6 is 0 Å². The molecule has 0 aromatic heterocycles. The SMILES string of the molecule is O=C1C2(CCCCC2)C(=O)C12CCCCC2. The molecule has 3 rings (SSSR count). The van der Waals surface area contributed by atoms with Gasteiger partial charge in [0, 0.05) is 0 Å². The van der Waals surface area contributed by atoms with Crippen molar-refractivity contribution in [3.05, 3.63) is 0 Å². The molecule has 3 saturated carbocycles. The summed E-state index contributed by atoms with van der Waals surface area (Å²) in [5, 5.41) is 0. The first-order chi connectivity index (χ1) is 7.72. The Morgan fingerprint density at radius 3 is 1.19 bits per heavy atom. The topological polar surface area (TPSA) is 34.1 Å². The fourth-order valence-corrected chi connectivity index (χ4v) is 4.28. The number of hydrogen-bond donors (Lipinski definition) is 0. The van der Waals surface area contributed by atoms with E-state index in [1.807, 2.05) is 0 Å². The predicted molar refractivity (Wildman–Crippen MR) is 61.1 cm³/mol. The largest absolute Gasteiger partial charge is 0.297 e. The lowest BCUT2D eigenvalue weighted by molar-refractivity contribution is -0.177. The van der Waals surface area contributed by atoms with Gasteiger partial charge in [0.1, 0.15) is 0 Å². The van der Waals surface area contributed by atoms with Crippen molar-refractivity contribution in [2.75, 3.05) is 0 Å². The maximum Gasteiger partial charge on any atom is 0.159 e. The first-order valence-corrected chi connectivity index (χ1v) is 6.82. The molecule has 3 fully saturated rings. The second kappa shape index (κ2) is 3.41. The van der Waals surface area contributed by atoms with Crippen LogP contribution in [0.5, 0.6) is 0 Å². The third-order valence-corrected chi connectivity index (χ3v) is 5.15. The Hall–Kier alpha value is -0.660. The van der Waals surface area contributed by atoms with E-state index in [0.29, 0.717) is 11.6 Å². The minimum Gasteiger partial charge on any atom is -0.297 e. The van der Waals surface area contributed by atoms with Crippen molar-refractivity contribution in [1.82, 2.24) is 0 Å². The Morgan fingerprint density at radius 1 is 0.562 bits per heavy atom. The fourth-order valence-electron chi connectivity index (χ4n) is 4.28. The highest BCUT2D eigenvalue weighted by Crippen LogP contribution is 2.60. The van der Waals surface area contributed by atoms with Crippen LogP contribution in [0.25, 0.3) is 0 Å². The zero-order valence-electron chi connectivity index (χ0n) is 9.89. The molecule has 0 aromatic carbocycles. The van der Waals surface area contributed by atoms with Crippen molar-refractivity contribution in [2.24, 2.45) is 10.8 Å². The van der Waals surface area contributed by atoms with Gasteiger partial charge in [0.25, 0.3) is 0 Å². The number of rotatable bonds is 0. The van der Waals surface area contributed by atoms with Gasteiger partial charge in [0.2, 0.25) is 0 Å². The van der Waals surface area contributed by atoms with Gasteiger partial charge in [0.05, 0.1) is 10.8 Å². The van der Waals surface area contributed by atoms with Crippen LogP contribution in [0.3, 0.4) is 0 Å². The Morgan fingerprint density at radius 2 is 0.875 bits per heavy atom. The number of hydrogen-bond acceptors (Lipinski definition) is 2. The van der Waals surface area contributed by atoms with Crippen LogP contribution in [0.4, 0.5) is 0 Å². The smallest absolute Gasteiger partial charge is 0.159 e. The molecule has 0 unspecified atom stereocenters. The lowest BCUT2D eigenvalue weighted by Crippen LogP contribution is -2.67. The molecule has 0 atom stereocenters. The summed E-state index contributed by atoms with van der Waals surface area (Å²) in [5.74, 6) is 0.675. The van der Waals surface area contributed by atoms with Crippen molar-refractivity contribution in [3.63, 3.8) is 0 Å². The van der Waals surface area contributed by atoms with E-state index in [1.54, 1.807) is 0 Å². The minimum absolute atomic E-state index is 0.337. The first kappa shape index (κ1) is 10.5. The van der Waals surface area contributed by atoms with E-state index >= 15 is 0 Å². The molecule has 0 aromatic rings. The van der Waals surface area contributed by atoms with E-state index in [9.17, 15) is 9.59 Å². The van der Waals surface area contributed by atoms with Gasteiger partial charge in [-0.15, -0.1) is 0 Å². The molecular formula is C14H20O2. The third-order valence-electron chi connectivity index (χ3n) is 5.15. The molecule has 16 heavy (non-hydrogen) atoms. The van der Waals surface area contributed by atoms with Crippen molar-refractivity contribution in [2.45, 2.75) is 64.2 Å². The highest BCUT2D eigenvalue weighted by Gasteiger charge is 2.69. The van der Waals surface area contributed by atoms with Gasteiger partial charge in [0.15, 0.2) is 11.6 Å². The lowest BCUT2D eigenvalue weighted by Gasteiger charge is -2.55. The molecule has 0 N–H and O–H groups in total. The average Bonchev–Trinajstić information content (AvgIpc) is 2.39. The molecule has 2 spiro atoms. The van der Waals surface area contributed by atoms with Gasteiger partial charge in [-0.1, -0.05) is 38.5 Å².